The second-order valence-corrected chi connectivity index (χ2v) is 11.6. The minimum Gasteiger partial charge on any atom is -0.454 e. The number of thioether (sulfide) groups is 1. The van der Waals surface area contributed by atoms with Crippen LogP contribution in [0.2, 0.25) is 5.02 Å². The van der Waals surface area contributed by atoms with Crippen LogP contribution in [0.5, 0.6) is 0 Å². The Morgan fingerprint density at radius 1 is 1.00 bits per heavy atom. The van der Waals surface area contributed by atoms with Crippen molar-refractivity contribution in [3.8, 4) is 17.3 Å². The molecule has 0 bridgehead atoms. The summed E-state index contributed by atoms with van der Waals surface area (Å²) in [4.78, 5) is 56.6. The molecule has 0 aliphatic carbocycles. The van der Waals surface area contributed by atoms with Crippen molar-refractivity contribution in [1.82, 2.24) is 4.98 Å². The summed E-state index contributed by atoms with van der Waals surface area (Å²) in [6, 6.07) is 25.0. The maximum absolute atomic E-state index is 13.3. The maximum Gasteiger partial charge on any atom is 0.338 e. The van der Waals surface area contributed by atoms with E-state index in [1.807, 2.05) is 6.07 Å². The fourth-order valence-corrected chi connectivity index (χ4v) is 5.81. The Morgan fingerprint density at radius 2 is 1.69 bits per heavy atom. The molecule has 1 atom stereocenters. The van der Waals surface area contributed by atoms with Gasteiger partial charge in [-0.05, 0) is 54.6 Å². The molecule has 0 saturated carbocycles. The van der Waals surface area contributed by atoms with Crippen molar-refractivity contribution in [2.24, 2.45) is 0 Å². The van der Waals surface area contributed by atoms with Gasteiger partial charge in [-0.1, -0.05) is 69.6 Å². The van der Waals surface area contributed by atoms with Crippen LogP contribution in [0.3, 0.4) is 0 Å². The molecule has 8 nitrogen and oxygen atoms in total. The third-order valence-corrected chi connectivity index (χ3v) is 8.40. The van der Waals surface area contributed by atoms with Gasteiger partial charge in [0, 0.05) is 27.0 Å². The number of hydrogen-bond acceptors (Lipinski definition) is 8. The number of pyridine rings is 1. The average molecular weight is 661 g/mol. The molecule has 1 aliphatic heterocycles. The number of rotatable bonds is 8. The van der Waals surface area contributed by atoms with E-state index in [1.54, 1.807) is 54.6 Å². The highest BCUT2D eigenvalue weighted by molar-refractivity contribution is 9.10. The lowest BCUT2D eigenvalue weighted by atomic mass is 10.1. The first-order valence-corrected chi connectivity index (χ1v) is 14.6. The molecule has 3 aromatic carbocycles. The standard InChI is InChI=1S/C31H19BrClN3O5S/c32-21-10-5-18(6-11-21)26(37)17-41-31(40)19-7-12-22(13-8-19)36-28(38)15-27(30(36)39)42-29-20(16-34)9-14-25(35-29)23-3-1-2-4-24(23)33/h1-14,27H,15,17H2. The van der Waals surface area contributed by atoms with Crippen LogP contribution in [0.25, 0.3) is 11.3 Å². The van der Waals surface area contributed by atoms with Gasteiger partial charge in [0.1, 0.15) is 11.1 Å². The molecule has 42 heavy (non-hydrogen) atoms. The number of nitriles is 1. The van der Waals surface area contributed by atoms with Gasteiger partial charge >= 0.3 is 5.97 Å². The molecule has 208 valence electrons. The van der Waals surface area contributed by atoms with E-state index in [4.69, 9.17) is 16.3 Å². The van der Waals surface area contributed by atoms with Crippen molar-refractivity contribution in [1.29, 1.82) is 5.26 Å². The second-order valence-electron chi connectivity index (χ2n) is 9.07. The second kappa shape index (κ2) is 12.7. The van der Waals surface area contributed by atoms with Gasteiger partial charge in [0.25, 0.3) is 0 Å². The van der Waals surface area contributed by atoms with Gasteiger partial charge in [0.15, 0.2) is 12.4 Å². The number of aromatic nitrogens is 1. The zero-order valence-corrected chi connectivity index (χ0v) is 24.8. The number of esters is 1. The van der Waals surface area contributed by atoms with E-state index in [-0.39, 0.29) is 29.0 Å². The smallest absolute Gasteiger partial charge is 0.338 e. The number of halogens is 2. The van der Waals surface area contributed by atoms with Crippen LogP contribution in [0.1, 0.15) is 32.7 Å². The average Bonchev–Trinajstić information content (AvgIpc) is 3.28. The normalized spacial score (nSPS) is 14.5. The van der Waals surface area contributed by atoms with Gasteiger partial charge in [-0.3, -0.25) is 14.4 Å². The third kappa shape index (κ3) is 6.29. The number of amides is 2. The molecule has 1 aromatic heterocycles. The van der Waals surface area contributed by atoms with Crippen LogP contribution >= 0.6 is 39.3 Å². The van der Waals surface area contributed by atoms with E-state index in [1.165, 1.54) is 24.3 Å². The maximum atomic E-state index is 13.3. The number of carbonyl (C=O) groups excluding carboxylic acids is 4. The summed E-state index contributed by atoms with van der Waals surface area (Å²) in [5.41, 5.74) is 2.35. The zero-order chi connectivity index (χ0) is 29.8. The number of benzene rings is 3. The molecule has 11 heteroatoms. The lowest BCUT2D eigenvalue weighted by Gasteiger charge is -2.15. The molecule has 4 aromatic rings. The topological polar surface area (TPSA) is 117 Å². The van der Waals surface area contributed by atoms with Gasteiger partial charge in [0.05, 0.1) is 27.8 Å². The highest BCUT2D eigenvalue weighted by atomic mass is 79.9. The Morgan fingerprint density at radius 3 is 2.38 bits per heavy atom. The Hall–Kier alpha value is -4.30. The molecular weight excluding hydrogens is 642 g/mol. The summed E-state index contributed by atoms with van der Waals surface area (Å²) in [5.74, 6) is -1.95. The summed E-state index contributed by atoms with van der Waals surface area (Å²) in [7, 11) is 0. The van der Waals surface area contributed by atoms with Crippen molar-refractivity contribution >= 4 is 68.5 Å². The molecule has 0 radical (unpaired) electrons. The van der Waals surface area contributed by atoms with Crippen LogP contribution in [0, 0.1) is 11.3 Å². The Bertz CT molecular complexity index is 1760. The SMILES string of the molecule is N#Cc1ccc(-c2ccccc2Cl)nc1SC1CC(=O)N(c2ccc(C(=O)OCC(=O)c3ccc(Br)cc3)cc2)C1=O. The molecular formula is C31H19BrClN3O5S. The van der Waals surface area contributed by atoms with Crippen molar-refractivity contribution in [2.75, 3.05) is 11.5 Å². The molecule has 5 rings (SSSR count). The number of anilines is 1. The number of carbonyl (C=O) groups is 4. The summed E-state index contributed by atoms with van der Waals surface area (Å²) < 4.78 is 5.97. The van der Waals surface area contributed by atoms with Crippen LogP contribution < -0.4 is 4.90 Å². The number of imide groups is 1. The summed E-state index contributed by atoms with van der Waals surface area (Å²) in [5, 5.41) is 9.63. The molecule has 1 saturated heterocycles. The van der Waals surface area contributed by atoms with E-state index >= 15 is 0 Å². The van der Waals surface area contributed by atoms with E-state index in [9.17, 15) is 24.4 Å². The lowest BCUT2D eigenvalue weighted by molar-refractivity contribution is -0.121. The van der Waals surface area contributed by atoms with Gasteiger partial charge in [-0.2, -0.15) is 5.26 Å². The third-order valence-electron chi connectivity index (χ3n) is 6.35. The largest absolute Gasteiger partial charge is 0.454 e. The monoisotopic (exact) mass is 659 g/mol. The molecule has 2 amide bonds. The zero-order valence-electron chi connectivity index (χ0n) is 21.6. The Kier molecular flexibility index (Phi) is 8.83. The van der Waals surface area contributed by atoms with Crippen molar-refractivity contribution in [2.45, 2.75) is 16.7 Å². The summed E-state index contributed by atoms with van der Waals surface area (Å²) in [6.45, 7) is -0.430. The molecule has 1 aliphatic rings. The summed E-state index contributed by atoms with van der Waals surface area (Å²) in [6.07, 6.45) is -0.0890. The van der Waals surface area contributed by atoms with Gasteiger partial charge in [0.2, 0.25) is 11.8 Å². The van der Waals surface area contributed by atoms with E-state index in [0.717, 1.165) is 21.1 Å². The predicted octanol–water partition coefficient (Wildman–Crippen LogP) is 6.50. The van der Waals surface area contributed by atoms with Crippen molar-refractivity contribution in [3.05, 3.63) is 111 Å². The number of hydrogen-bond donors (Lipinski definition) is 0. The first-order valence-electron chi connectivity index (χ1n) is 12.5. The highest BCUT2D eigenvalue weighted by Gasteiger charge is 2.41. The highest BCUT2D eigenvalue weighted by Crippen LogP contribution is 2.36. The fraction of sp³-hybridized carbons (Fsp3) is 0.0968. The first kappa shape index (κ1) is 29.2. The van der Waals surface area contributed by atoms with Gasteiger partial charge < -0.3 is 4.74 Å². The minimum atomic E-state index is -0.798. The van der Waals surface area contributed by atoms with E-state index < -0.39 is 29.6 Å². The fourth-order valence-electron chi connectivity index (χ4n) is 4.22. The Labute approximate surface area is 258 Å². The van der Waals surface area contributed by atoms with Crippen molar-refractivity contribution < 1.29 is 23.9 Å². The number of ether oxygens (including phenoxy) is 1. The van der Waals surface area contributed by atoms with Gasteiger partial charge in [-0.25, -0.2) is 14.7 Å². The van der Waals surface area contributed by atoms with Gasteiger partial charge in [-0.15, -0.1) is 0 Å². The molecule has 2 heterocycles. The number of Topliss-reactive ketones (excluding diaryl/α,β-unsaturated/α-hetero) is 1. The van der Waals surface area contributed by atoms with Crippen LogP contribution in [0.4, 0.5) is 5.69 Å². The van der Waals surface area contributed by atoms with E-state index in [2.05, 4.69) is 27.0 Å². The quantitative estimate of drug-likeness (QED) is 0.119. The summed E-state index contributed by atoms with van der Waals surface area (Å²) >= 11 is 10.7. The molecule has 1 fully saturated rings. The van der Waals surface area contributed by atoms with E-state index in [0.29, 0.717) is 26.9 Å². The van der Waals surface area contributed by atoms with Crippen molar-refractivity contribution in [3.63, 3.8) is 0 Å². The lowest BCUT2D eigenvalue weighted by Crippen LogP contribution is -2.31. The molecule has 1 unspecified atom stereocenters. The molecule has 0 spiro atoms. The number of nitrogens with zero attached hydrogens (tertiary/aromatic N) is 3. The van der Waals surface area contributed by atoms with Crippen LogP contribution in [-0.2, 0) is 14.3 Å². The predicted molar refractivity (Wildman–Crippen MR) is 161 cm³/mol. The first-order chi connectivity index (χ1) is 20.2. The van der Waals surface area contributed by atoms with Crippen LogP contribution in [0.15, 0.2) is 94.4 Å². The molecule has 0 N–H and O–H groups in total. The Balaban J connectivity index is 1.26. The van der Waals surface area contributed by atoms with Crippen LogP contribution in [-0.4, -0.2) is 40.4 Å². The minimum absolute atomic E-state index is 0.0890. The number of ketones is 1.